The van der Waals surface area contributed by atoms with Crippen molar-refractivity contribution in [1.29, 1.82) is 0 Å². The molecule has 1 aromatic rings. The van der Waals surface area contributed by atoms with Crippen molar-refractivity contribution in [3.05, 3.63) is 17.0 Å². The van der Waals surface area contributed by atoms with Gasteiger partial charge in [-0.3, -0.25) is 4.79 Å². The van der Waals surface area contributed by atoms with E-state index in [1.165, 1.54) is 0 Å². The van der Waals surface area contributed by atoms with E-state index in [-0.39, 0.29) is 30.2 Å². The number of nitrogens with one attached hydrogen (secondary N) is 1. The largest absolute Gasteiger partial charge is 0.391 e. The first-order chi connectivity index (χ1) is 7.60. The molecule has 1 aromatic heterocycles. The topological polar surface area (TPSA) is 95.6 Å². The zero-order valence-electron chi connectivity index (χ0n) is 9.36. The Morgan fingerprint density at radius 2 is 2.12 bits per heavy atom. The molecule has 0 saturated heterocycles. The minimum Gasteiger partial charge on any atom is -0.391 e. The number of aromatic nitrogens is 1. The second-order valence-corrected chi connectivity index (χ2v) is 3.85. The molecular weight excluding hydrogens is 212 g/mol. The van der Waals surface area contributed by atoms with Crippen LogP contribution in [0, 0.1) is 5.92 Å². The number of hydrogen-bond acceptors (Lipinski definition) is 5. The van der Waals surface area contributed by atoms with Crippen LogP contribution in [-0.2, 0) is 13.2 Å². The van der Waals surface area contributed by atoms with Crippen molar-refractivity contribution >= 4 is 5.91 Å². The van der Waals surface area contributed by atoms with Crippen LogP contribution in [0.2, 0.25) is 0 Å². The maximum atomic E-state index is 11.6. The first-order valence-electron chi connectivity index (χ1n) is 5.07. The van der Waals surface area contributed by atoms with E-state index in [2.05, 4.69) is 10.5 Å². The van der Waals surface area contributed by atoms with Crippen LogP contribution in [0.5, 0.6) is 0 Å². The molecule has 0 spiro atoms. The summed E-state index contributed by atoms with van der Waals surface area (Å²) in [7, 11) is 0. The van der Waals surface area contributed by atoms with Crippen LogP contribution < -0.4 is 5.32 Å². The summed E-state index contributed by atoms with van der Waals surface area (Å²) in [5.74, 6) is 0.0455. The van der Waals surface area contributed by atoms with E-state index in [0.717, 1.165) is 0 Å². The maximum Gasteiger partial charge on any atom is 0.273 e. The Kier molecular flexibility index (Phi) is 4.45. The lowest BCUT2D eigenvalue weighted by Crippen LogP contribution is -2.28. The summed E-state index contributed by atoms with van der Waals surface area (Å²) < 4.78 is 4.74. The van der Waals surface area contributed by atoms with Crippen molar-refractivity contribution < 1.29 is 19.5 Å². The summed E-state index contributed by atoms with van der Waals surface area (Å²) in [6.45, 7) is 3.68. The number of rotatable bonds is 5. The van der Waals surface area contributed by atoms with Gasteiger partial charge in [0, 0.05) is 6.54 Å². The molecule has 0 aromatic carbocycles. The smallest absolute Gasteiger partial charge is 0.273 e. The predicted molar refractivity (Wildman–Crippen MR) is 55.5 cm³/mol. The standard InChI is InChI=1S/C10H16N2O4/c1-6(2)3-11-10(15)9-7(4-13)8(5-14)16-12-9/h6,13-14H,3-5H2,1-2H3,(H,11,15). The summed E-state index contributed by atoms with van der Waals surface area (Å²) in [4.78, 5) is 11.6. The van der Waals surface area contributed by atoms with Gasteiger partial charge in [0.15, 0.2) is 11.5 Å². The molecule has 0 aliphatic carbocycles. The van der Waals surface area contributed by atoms with E-state index in [0.29, 0.717) is 12.5 Å². The minimum absolute atomic E-state index is 0.0344. The fraction of sp³-hybridized carbons (Fsp3) is 0.600. The van der Waals surface area contributed by atoms with Crippen LogP contribution in [0.15, 0.2) is 4.52 Å². The van der Waals surface area contributed by atoms with Crippen LogP contribution in [-0.4, -0.2) is 27.8 Å². The Hall–Kier alpha value is -1.40. The van der Waals surface area contributed by atoms with Crippen LogP contribution in [0.1, 0.15) is 35.7 Å². The molecule has 1 rings (SSSR count). The van der Waals surface area contributed by atoms with Gasteiger partial charge in [0.2, 0.25) is 0 Å². The normalized spacial score (nSPS) is 10.8. The van der Waals surface area contributed by atoms with Crippen molar-refractivity contribution in [3.8, 4) is 0 Å². The molecular formula is C10H16N2O4. The van der Waals surface area contributed by atoms with Gasteiger partial charge in [0.05, 0.1) is 12.2 Å². The molecule has 0 saturated carbocycles. The zero-order valence-corrected chi connectivity index (χ0v) is 9.36. The zero-order chi connectivity index (χ0) is 12.1. The summed E-state index contributed by atoms with van der Waals surface area (Å²) in [6, 6.07) is 0. The molecule has 0 aliphatic heterocycles. The first-order valence-corrected chi connectivity index (χ1v) is 5.07. The summed E-state index contributed by atoms with van der Waals surface area (Å²) in [5.41, 5.74) is 0.274. The Bertz CT molecular complexity index is 360. The minimum atomic E-state index is -0.402. The maximum absolute atomic E-state index is 11.6. The van der Waals surface area contributed by atoms with Crippen LogP contribution >= 0.6 is 0 Å². The quantitative estimate of drug-likeness (QED) is 0.661. The molecule has 1 amide bonds. The molecule has 0 radical (unpaired) electrons. The molecule has 1 heterocycles. The van der Waals surface area contributed by atoms with Crippen molar-refractivity contribution in [2.24, 2.45) is 5.92 Å². The fourth-order valence-electron chi connectivity index (χ4n) is 1.19. The van der Waals surface area contributed by atoms with Crippen LogP contribution in [0.25, 0.3) is 0 Å². The average Bonchev–Trinajstić information content (AvgIpc) is 2.68. The SMILES string of the molecule is CC(C)CNC(=O)c1noc(CO)c1CO. The van der Waals surface area contributed by atoms with Gasteiger partial charge >= 0.3 is 0 Å². The van der Waals surface area contributed by atoms with Crippen molar-refractivity contribution in [1.82, 2.24) is 10.5 Å². The van der Waals surface area contributed by atoms with E-state index in [1.807, 2.05) is 13.8 Å². The van der Waals surface area contributed by atoms with Gasteiger partial charge in [-0.2, -0.15) is 0 Å². The van der Waals surface area contributed by atoms with E-state index in [4.69, 9.17) is 14.7 Å². The monoisotopic (exact) mass is 228 g/mol. The highest BCUT2D eigenvalue weighted by Gasteiger charge is 2.20. The number of carbonyl (C=O) groups excluding carboxylic acids is 1. The number of nitrogens with zero attached hydrogens (tertiary/aromatic N) is 1. The van der Waals surface area contributed by atoms with Crippen LogP contribution in [0.4, 0.5) is 0 Å². The molecule has 3 N–H and O–H groups in total. The van der Waals surface area contributed by atoms with Gasteiger partial charge in [-0.15, -0.1) is 0 Å². The number of hydrogen-bond donors (Lipinski definition) is 3. The highest BCUT2D eigenvalue weighted by atomic mass is 16.5. The van der Waals surface area contributed by atoms with Gasteiger partial charge in [0.1, 0.15) is 6.61 Å². The molecule has 0 bridgehead atoms. The lowest BCUT2D eigenvalue weighted by molar-refractivity contribution is 0.0937. The number of carbonyl (C=O) groups is 1. The third kappa shape index (κ3) is 2.80. The molecule has 6 nitrogen and oxygen atoms in total. The number of aliphatic hydroxyl groups is 2. The Balaban J connectivity index is 2.78. The Morgan fingerprint density at radius 3 is 2.62 bits per heavy atom. The number of amides is 1. The van der Waals surface area contributed by atoms with Gasteiger partial charge < -0.3 is 20.1 Å². The van der Waals surface area contributed by atoms with Crippen molar-refractivity contribution in [2.45, 2.75) is 27.1 Å². The molecule has 0 aliphatic rings. The molecule has 90 valence electrons. The average molecular weight is 228 g/mol. The number of aliphatic hydroxyl groups excluding tert-OH is 2. The highest BCUT2D eigenvalue weighted by molar-refractivity contribution is 5.93. The Morgan fingerprint density at radius 1 is 1.44 bits per heavy atom. The van der Waals surface area contributed by atoms with Gasteiger partial charge in [-0.25, -0.2) is 0 Å². The first kappa shape index (κ1) is 12.7. The summed E-state index contributed by atoms with van der Waals surface area (Å²) >= 11 is 0. The molecule has 0 unspecified atom stereocenters. The predicted octanol–water partition coefficient (Wildman–Crippen LogP) is 0.0450. The molecule has 6 heteroatoms. The Labute approximate surface area is 93.3 Å². The lowest BCUT2D eigenvalue weighted by atomic mass is 10.2. The lowest BCUT2D eigenvalue weighted by Gasteiger charge is -2.06. The van der Waals surface area contributed by atoms with E-state index >= 15 is 0 Å². The van der Waals surface area contributed by atoms with E-state index in [9.17, 15) is 4.79 Å². The highest BCUT2D eigenvalue weighted by Crippen LogP contribution is 2.14. The second-order valence-electron chi connectivity index (χ2n) is 3.85. The fourth-order valence-corrected chi connectivity index (χ4v) is 1.19. The molecule has 0 fully saturated rings. The third-order valence-electron chi connectivity index (χ3n) is 2.06. The second kappa shape index (κ2) is 5.62. The third-order valence-corrected chi connectivity index (χ3v) is 2.06. The molecule has 0 atom stereocenters. The summed E-state index contributed by atoms with van der Waals surface area (Å²) in [6.07, 6.45) is 0. The van der Waals surface area contributed by atoms with Gasteiger partial charge in [0.25, 0.3) is 5.91 Å². The summed E-state index contributed by atoms with van der Waals surface area (Å²) in [5, 5.41) is 24.1. The van der Waals surface area contributed by atoms with Crippen molar-refractivity contribution in [2.75, 3.05) is 6.54 Å². The van der Waals surface area contributed by atoms with Crippen molar-refractivity contribution in [3.63, 3.8) is 0 Å². The van der Waals surface area contributed by atoms with Gasteiger partial charge in [-0.1, -0.05) is 19.0 Å². The van der Waals surface area contributed by atoms with Gasteiger partial charge in [-0.05, 0) is 5.92 Å². The van der Waals surface area contributed by atoms with E-state index in [1.54, 1.807) is 0 Å². The van der Waals surface area contributed by atoms with E-state index < -0.39 is 5.91 Å². The molecule has 16 heavy (non-hydrogen) atoms. The van der Waals surface area contributed by atoms with Crippen LogP contribution in [0.3, 0.4) is 0 Å².